The van der Waals surface area contributed by atoms with E-state index in [9.17, 15) is 15.3 Å². The summed E-state index contributed by atoms with van der Waals surface area (Å²) in [5.41, 5.74) is 2.51. The Morgan fingerprint density at radius 1 is 1.03 bits per heavy atom. The van der Waals surface area contributed by atoms with Crippen LogP contribution in [-0.4, -0.2) is 33.6 Å². The summed E-state index contributed by atoms with van der Waals surface area (Å²) < 4.78 is 0. The van der Waals surface area contributed by atoms with Crippen LogP contribution in [0.4, 0.5) is 0 Å². The molecule has 0 radical (unpaired) electrons. The summed E-state index contributed by atoms with van der Waals surface area (Å²) in [6, 6.07) is 0. The Kier molecular flexibility index (Phi) is 6.29. The highest BCUT2D eigenvalue weighted by Crippen LogP contribution is 2.67. The van der Waals surface area contributed by atoms with Gasteiger partial charge in [0.15, 0.2) is 0 Å². The Hall–Kier alpha value is -0.640. The van der Waals surface area contributed by atoms with E-state index in [1.165, 1.54) is 31.3 Å². The minimum Gasteiger partial charge on any atom is -0.390 e. The summed E-state index contributed by atoms with van der Waals surface area (Å²) in [6.07, 6.45) is 8.77. The van der Waals surface area contributed by atoms with Crippen LogP contribution in [0.3, 0.4) is 0 Å². The molecule has 3 N–H and O–H groups in total. The zero-order valence-electron chi connectivity index (χ0n) is 20.5. The van der Waals surface area contributed by atoms with E-state index in [4.69, 9.17) is 0 Å². The predicted molar refractivity (Wildman–Crippen MR) is 126 cm³/mol. The van der Waals surface area contributed by atoms with Crippen LogP contribution in [-0.2, 0) is 0 Å². The van der Waals surface area contributed by atoms with Crippen LogP contribution in [0.15, 0.2) is 23.8 Å². The van der Waals surface area contributed by atoms with Crippen molar-refractivity contribution in [1.82, 2.24) is 0 Å². The summed E-state index contributed by atoms with van der Waals surface area (Å²) >= 11 is 0. The van der Waals surface area contributed by atoms with E-state index in [1.807, 2.05) is 6.08 Å². The zero-order valence-corrected chi connectivity index (χ0v) is 20.5. The molecule has 0 heterocycles. The number of aliphatic hydroxyl groups is 3. The fraction of sp³-hybridized carbons (Fsp3) is 0.857. The van der Waals surface area contributed by atoms with Gasteiger partial charge in [0, 0.05) is 0 Å². The van der Waals surface area contributed by atoms with Crippen molar-refractivity contribution in [1.29, 1.82) is 0 Å². The van der Waals surface area contributed by atoms with Crippen LogP contribution < -0.4 is 0 Å². The van der Waals surface area contributed by atoms with E-state index >= 15 is 0 Å². The molecular weight excluding hydrogens is 384 g/mol. The second-order valence-corrected chi connectivity index (χ2v) is 12.4. The highest BCUT2D eigenvalue weighted by atomic mass is 16.3. The minimum atomic E-state index is -0.812. The van der Waals surface area contributed by atoms with Gasteiger partial charge in [-0.2, -0.15) is 0 Å². The molecule has 0 aromatic rings. The van der Waals surface area contributed by atoms with Gasteiger partial charge < -0.3 is 15.3 Å². The molecule has 0 spiro atoms. The van der Waals surface area contributed by atoms with Gasteiger partial charge in [-0.3, -0.25) is 0 Å². The molecule has 0 aromatic heterocycles. The van der Waals surface area contributed by atoms with Crippen molar-refractivity contribution in [3.8, 4) is 0 Å². The van der Waals surface area contributed by atoms with E-state index in [2.05, 4.69) is 41.2 Å². The average Bonchev–Trinajstić information content (AvgIpc) is 3.07. The maximum Gasteiger partial charge on any atom is 0.101 e. The van der Waals surface area contributed by atoms with Gasteiger partial charge in [-0.25, -0.2) is 0 Å². The molecule has 0 amide bonds. The maximum atomic E-state index is 11.3. The van der Waals surface area contributed by atoms with Gasteiger partial charge >= 0.3 is 0 Å². The first-order chi connectivity index (χ1) is 14.5. The fourth-order valence-corrected chi connectivity index (χ4v) is 8.57. The normalized spacial score (nSPS) is 47.9. The predicted octanol–water partition coefficient (Wildman–Crippen LogP) is 5.50. The molecule has 0 bridgehead atoms. The summed E-state index contributed by atoms with van der Waals surface area (Å²) in [6.45, 7) is 16.1. The fourth-order valence-electron chi connectivity index (χ4n) is 8.57. The van der Waals surface area contributed by atoms with Crippen LogP contribution in [0.2, 0.25) is 0 Å². The Morgan fingerprint density at radius 2 is 1.74 bits per heavy atom. The summed E-state index contributed by atoms with van der Waals surface area (Å²) in [5.74, 6) is 3.24. The van der Waals surface area contributed by atoms with E-state index in [-0.39, 0.29) is 11.3 Å². The molecule has 0 aliphatic heterocycles. The second kappa shape index (κ2) is 8.29. The third kappa shape index (κ3) is 3.67. The lowest BCUT2D eigenvalue weighted by molar-refractivity contribution is -0.112. The number of hydrogen-bond donors (Lipinski definition) is 3. The van der Waals surface area contributed by atoms with E-state index < -0.39 is 18.3 Å². The molecule has 4 aliphatic carbocycles. The summed E-state index contributed by atoms with van der Waals surface area (Å²) in [4.78, 5) is 0. The van der Waals surface area contributed by atoms with Gasteiger partial charge in [0.2, 0.25) is 0 Å². The summed E-state index contributed by atoms with van der Waals surface area (Å²) in [5, 5.41) is 32.3. The third-order valence-corrected chi connectivity index (χ3v) is 10.7. The molecule has 0 unspecified atom stereocenters. The molecule has 31 heavy (non-hydrogen) atoms. The molecule has 3 saturated carbocycles. The SMILES string of the molecule is C=C(CC[C@@H](C)[C@H]1CC[C@H]2[C@@H]3[C@H](O)C=C4[C@@H](O)[C@@H](O)CC[C@]4(C)[C@H]3CC[C@]12C)C(C)C. The molecule has 10 atom stereocenters. The molecule has 0 aromatic carbocycles. The molecule has 4 rings (SSSR count). The van der Waals surface area contributed by atoms with Gasteiger partial charge in [0.1, 0.15) is 6.10 Å². The molecular formula is C28H46O3. The van der Waals surface area contributed by atoms with Crippen LogP contribution in [0.1, 0.15) is 86.0 Å². The van der Waals surface area contributed by atoms with Crippen LogP contribution in [0, 0.1) is 46.3 Å². The number of allylic oxidation sites excluding steroid dienone is 1. The lowest BCUT2D eigenvalue weighted by atomic mass is 9.46. The third-order valence-electron chi connectivity index (χ3n) is 10.7. The second-order valence-electron chi connectivity index (χ2n) is 12.4. The van der Waals surface area contributed by atoms with Gasteiger partial charge in [0.25, 0.3) is 0 Å². The molecule has 3 fully saturated rings. The minimum absolute atomic E-state index is 0.0808. The number of fused-ring (bicyclic) bond motifs is 5. The largest absolute Gasteiger partial charge is 0.390 e. The maximum absolute atomic E-state index is 11.3. The van der Waals surface area contributed by atoms with Crippen LogP contribution in [0.5, 0.6) is 0 Å². The van der Waals surface area contributed by atoms with Gasteiger partial charge in [-0.15, -0.1) is 0 Å². The average molecular weight is 431 g/mol. The Morgan fingerprint density at radius 3 is 2.42 bits per heavy atom. The van der Waals surface area contributed by atoms with Crippen molar-refractivity contribution >= 4 is 0 Å². The monoisotopic (exact) mass is 430 g/mol. The zero-order chi connectivity index (χ0) is 22.7. The Balaban J connectivity index is 1.56. The van der Waals surface area contributed by atoms with Crippen LogP contribution >= 0.6 is 0 Å². The van der Waals surface area contributed by atoms with Crippen molar-refractivity contribution in [2.45, 2.75) is 104 Å². The lowest BCUT2D eigenvalue weighted by Crippen LogP contribution is -2.57. The quantitative estimate of drug-likeness (QED) is 0.505. The van der Waals surface area contributed by atoms with Crippen LogP contribution in [0.25, 0.3) is 0 Å². The van der Waals surface area contributed by atoms with Crippen molar-refractivity contribution in [2.24, 2.45) is 46.3 Å². The highest BCUT2D eigenvalue weighted by molar-refractivity contribution is 5.31. The Bertz CT molecular complexity index is 726. The first kappa shape index (κ1) is 23.5. The smallest absolute Gasteiger partial charge is 0.101 e. The van der Waals surface area contributed by atoms with E-state index in [0.717, 1.165) is 30.8 Å². The number of rotatable bonds is 5. The molecule has 4 aliphatic rings. The lowest BCUT2D eigenvalue weighted by Gasteiger charge is -2.60. The van der Waals surface area contributed by atoms with Gasteiger partial charge in [-0.1, -0.05) is 52.8 Å². The van der Waals surface area contributed by atoms with E-state index in [0.29, 0.717) is 35.5 Å². The first-order valence-corrected chi connectivity index (χ1v) is 12.9. The van der Waals surface area contributed by atoms with Crippen molar-refractivity contribution in [2.75, 3.05) is 0 Å². The van der Waals surface area contributed by atoms with Gasteiger partial charge in [-0.05, 0) is 103 Å². The molecule has 176 valence electrons. The first-order valence-electron chi connectivity index (χ1n) is 12.9. The standard InChI is InChI=1S/C28H46O3/c1-16(2)17(3)7-8-18(4)19-9-10-20-25-21(11-13-27(19,20)5)28(6)14-12-23(29)26(31)22(28)15-24(25)30/h15-16,18-21,23-26,29-31H,3,7-14H2,1-2,4-6H3/t18-,19-,20+,21+,23+,24-,25+,26-,27-,28-/m1/s1. The van der Waals surface area contributed by atoms with Crippen molar-refractivity contribution in [3.63, 3.8) is 0 Å². The highest BCUT2D eigenvalue weighted by Gasteiger charge is 2.62. The Labute approximate surface area is 190 Å². The molecule has 3 nitrogen and oxygen atoms in total. The molecule has 0 saturated heterocycles. The summed E-state index contributed by atoms with van der Waals surface area (Å²) in [7, 11) is 0. The van der Waals surface area contributed by atoms with Gasteiger partial charge in [0.05, 0.1) is 12.2 Å². The number of hydrogen-bond acceptors (Lipinski definition) is 3. The van der Waals surface area contributed by atoms with E-state index in [1.54, 1.807) is 0 Å². The number of aliphatic hydroxyl groups excluding tert-OH is 3. The van der Waals surface area contributed by atoms with Crippen molar-refractivity contribution in [3.05, 3.63) is 23.8 Å². The topological polar surface area (TPSA) is 60.7 Å². The van der Waals surface area contributed by atoms with Crippen molar-refractivity contribution < 1.29 is 15.3 Å². The molecule has 3 heteroatoms.